The van der Waals surface area contributed by atoms with Crippen LogP contribution in [0.4, 0.5) is 0 Å². The number of aromatic nitrogens is 2. The van der Waals surface area contributed by atoms with Gasteiger partial charge in [-0.2, -0.15) is 5.10 Å². The van der Waals surface area contributed by atoms with Gasteiger partial charge in [0.1, 0.15) is 0 Å². The largest absolute Gasteiger partial charge is 0.396 e. The molecule has 0 unspecified atom stereocenters. The van der Waals surface area contributed by atoms with E-state index in [2.05, 4.69) is 10.4 Å². The lowest BCUT2D eigenvalue weighted by Gasteiger charge is -2.01. The molecular weight excluding hydrogens is 242 g/mol. The van der Waals surface area contributed by atoms with E-state index in [-0.39, 0.29) is 12.5 Å². The molecule has 1 aromatic heterocycles. The fraction of sp³-hybridized carbons (Fsp3) is 0.571. The summed E-state index contributed by atoms with van der Waals surface area (Å²) in [6.45, 7) is 4.77. The van der Waals surface area contributed by atoms with Crippen molar-refractivity contribution in [3.05, 3.63) is 23.0 Å². The summed E-state index contributed by atoms with van der Waals surface area (Å²) in [5, 5.41) is 15.8. The van der Waals surface area contributed by atoms with Crippen molar-refractivity contribution in [1.82, 2.24) is 15.1 Å². The topological polar surface area (TPSA) is 67.2 Å². The highest BCUT2D eigenvalue weighted by Gasteiger charge is 2.06. The number of amides is 1. The number of unbranched alkanes of at least 4 members (excludes halogenated alkanes) is 2. The molecule has 0 aromatic carbocycles. The molecule has 5 heteroatoms. The van der Waals surface area contributed by atoms with E-state index in [1.807, 2.05) is 25.6 Å². The van der Waals surface area contributed by atoms with Crippen LogP contribution in [0.5, 0.6) is 0 Å². The lowest BCUT2D eigenvalue weighted by molar-refractivity contribution is -0.116. The second-order valence-electron chi connectivity index (χ2n) is 4.62. The van der Waals surface area contributed by atoms with Gasteiger partial charge in [-0.05, 0) is 39.2 Å². The number of carbonyl (C=O) groups is 1. The number of aliphatic hydroxyl groups excluding tert-OH is 1. The molecule has 19 heavy (non-hydrogen) atoms. The van der Waals surface area contributed by atoms with Gasteiger partial charge in [0.25, 0.3) is 0 Å². The van der Waals surface area contributed by atoms with Crippen molar-refractivity contribution in [3.63, 3.8) is 0 Å². The van der Waals surface area contributed by atoms with Crippen molar-refractivity contribution >= 4 is 12.0 Å². The molecule has 0 saturated carbocycles. The van der Waals surface area contributed by atoms with Crippen LogP contribution in [0.1, 0.15) is 36.2 Å². The van der Waals surface area contributed by atoms with E-state index in [0.29, 0.717) is 6.54 Å². The van der Waals surface area contributed by atoms with Gasteiger partial charge in [-0.1, -0.05) is 0 Å². The van der Waals surface area contributed by atoms with Crippen LogP contribution in [-0.2, 0) is 11.8 Å². The van der Waals surface area contributed by atoms with Crippen molar-refractivity contribution in [2.75, 3.05) is 13.2 Å². The average molecular weight is 265 g/mol. The van der Waals surface area contributed by atoms with E-state index >= 15 is 0 Å². The lowest BCUT2D eigenvalue weighted by Crippen LogP contribution is -2.22. The first-order valence-corrected chi connectivity index (χ1v) is 6.63. The molecule has 0 atom stereocenters. The van der Waals surface area contributed by atoms with E-state index in [9.17, 15) is 4.79 Å². The summed E-state index contributed by atoms with van der Waals surface area (Å²) in [6, 6.07) is 0. The van der Waals surface area contributed by atoms with E-state index < -0.39 is 0 Å². The number of carbonyl (C=O) groups excluding carboxylic acids is 1. The molecule has 0 aliphatic rings. The molecule has 1 rings (SSSR count). The normalized spacial score (nSPS) is 11.2. The highest BCUT2D eigenvalue weighted by molar-refractivity contribution is 5.91. The number of aliphatic hydroxyl groups is 1. The van der Waals surface area contributed by atoms with Crippen molar-refractivity contribution in [3.8, 4) is 0 Å². The average Bonchev–Trinajstić information content (AvgIpc) is 2.61. The summed E-state index contributed by atoms with van der Waals surface area (Å²) < 4.78 is 1.81. The monoisotopic (exact) mass is 265 g/mol. The van der Waals surface area contributed by atoms with Crippen LogP contribution >= 0.6 is 0 Å². The summed E-state index contributed by atoms with van der Waals surface area (Å²) in [7, 11) is 1.89. The summed E-state index contributed by atoms with van der Waals surface area (Å²) in [6.07, 6.45) is 5.97. The molecular formula is C14H23N3O2. The van der Waals surface area contributed by atoms with Crippen LogP contribution < -0.4 is 5.32 Å². The number of hydrogen-bond acceptors (Lipinski definition) is 3. The van der Waals surface area contributed by atoms with Gasteiger partial charge in [0.15, 0.2) is 0 Å². The second-order valence-corrected chi connectivity index (χ2v) is 4.62. The van der Waals surface area contributed by atoms with E-state index in [1.54, 1.807) is 12.2 Å². The molecule has 1 amide bonds. The van der Waals surface area contributed by atoms with Gasteiger partial charge in [0.2, 0.25) is 5.91 Å². The molecule has 5 nitrogen and oxygen atoms in total. The number of nitrogens with zero attached hydrogens (tertiary/aromatic N) is 2. The Kier molecular flexibility index (Phi) is 6.29. The Hall–Kier alpha value is -1.62. The zero-order valence-electron chi connectivity index (χ0n) is 11.9. The lowest BCUT2D eigenvalue weighted by atomic mass is 10.2. The van der Waals surface area contributed by atoms with Crippen LogP contribution in [0.25, 0.3) is 6.08 Å². The zero-order chi connectivity index (χ0) is 14.3. The third-order valence-corrected chi connectivity index (χ3v) is 3.10. The molecule has 2 N–H and O–H groups in total. The van der Waals surface area contributed by atoms with E-state index in [1.165, 1.54) is 0 Å². The summed E-state index contributed by atoms with van der Waals surface area (Å²) in [5.41, 5.74) is 2.97. The van der Waals surface area contributed by atoms with Crippen LogP contribution in [0.15, 0.2) is 6.08 Å². The van der Waals surface area contributed by atoms with Gasteiger partial charge in [0.05, 0.1) is 5.69 Å². The summed E-state index contributed by atoms with van der Waals surface area (Å²) in [4.78, 5) is 11.6. The van der Waals surface area contributed by atoms with Gasteiger partial charge in [0, 0.05) is 37.5 Å². The molecule has 0 aliphatic carbocycles. The Labute approximate surface area is 114 Å². The first kappa shape index (κ1) is 15.4. The second kappa shape index (κ2) is 7.74. The predicted molar refractivity (Wildman–Crippen MR) is 75.7 cm³/mol. The molecule has 0 spiro atoms. The Morgan fingerprint density at radius 1 is 1.37 bits per heavy atom. The minimum atomic E-state index is -0.0911. The highest BCUT2D eigenvalue weighted by Crippen LogP contribution is 2.13. The van der Waals surface area contributed by atoms with Gasteiger partial charge >= 0.3 is 0 Å². The van der Waals surface area contributed by atoms with Crippen LogP contribution in [-0.4, -0.2) is 33.9 Å². The molecule has 0 radical (unpaired) electrons. The first-order valence-electron chi connectivity index (χ1n) is 6.63. The molecule has 0 fully saturated rings. The van der Waals surface area contributed by atoms with Crippen molar-refractivity contribution in [2.45, 2.75) is 33.1 Å². The molecule has 1 aromatic rings. The third-order valence-electron chi connectivity index (χ3n) is 3.10. The number of nitrogens with one attached hydrogen (secondary N) is 1. The Bertz CT molecular complexity index is 450. The minimum Gasteiger partial charge on any atom is -0.396 e. The predicted octanol–water partition coefficient (Wildman–Crippen LogP) is 1.33. The standard InChI is InChI=1S/C14H23N3O2/c1-11-13(12(2)17(3)16-11)7-8-14(19)15-9-5-4-6-10-18/h7-8,18H,4-6,9-10H2,1-3H3,(H,15,19)/b8-7+. The van der Waals surface area contributed by atoms with Crippen LogP contribution in [0.2, 0.25) is 0 Å². The first-order chi connectivity index (χ1) is 9.06. The van der Waals surface area contributed by atoms with Gasteiger partial charge < -0.3 is 10.4 Å². The molecule has 0 aliphatic heterocycles. The summed E-state index contributed by atoms with van der Waals surface area (Å²) in [5.74, 6) is -0.0911. The Morgan fingerprint density at radius 2 is 2.11 bits per heavy atom. The Balaban J connectivity index is 2.41. The SMILES string of the molecule is Cc1nn(C)c(C)c1/C=C/C(=O)NCCCCCO. The quantitative estimate of drug-likeness (QED) is 0.577. The fourth-order valence-corrected chi connectivity index (χ4v) is 1.87. The highest BCUT2D eigenvalue weighted by atomic mass is 16.2. The maximum Gasteiger partial charge on any atom is 0.244 e. The van der Waals surface area contributed by atoms with Crippen LogP contribution in [0.3, 0.4) is 0 Å². The number of aryl methyl sites for hydroxylation is 2. The third kappa shape index (κ3) is 4.87. The van der Waals surface area contributed by atoms with Gasteiger partial charge in [-0.15, -0.1) is 0 Å². The van der Waals surface area contributed by atoms with Crippen molar-refractivity contribution in [1.29, 1.82) is 0 Å². The van der Waals surface area contributed by atoms with Crippen molar-refractivity contribution < 1.29 is 9.90 Å². The number of rotatable bonds is 7. The maximum absolute atomic E-state index is 11.6. The van der Waals surface area contributed by atoms with E-state index in [4.69, 9.17) is 5.11 Å². The smallest absolute Gasteiger partial charge is 0.244 e. The van der Waals surface area contributed by atoms with Gasteiger partial charge in [-0.25, -0.2) is 0 Å². The fourth-order valence-electron chi connectivity index (χ4n) is 1.87. The maximum atomic E-state index is 11.6. The molecule has 1 heterocycles. The molecule has 0 bridgehead atoms. The van der Waals surface area contributed by atoms with Crippen LogP contribution in [0, 0.1) is 13.8 Å². The zero-order valence-corrected chi connectivity index (χ0v) is 11.9. The van der Waals surface area contributed by atoms with Gasteiger partial charge in [-0.3, -0.25) is 9.48 Å². The minimum absolute atomic E-state index is 0.0911. The van der Waals surface area contributed by atoms with E-state index in [0.717, 1.165) is 36.2 Å². The van der Waals surface area contributed by atoms with Crippen molar-refractivity contribution in [2.24, 2.45) is 7.05 Å². The number of hydrogen-bond donors (Lipinski definition) is 2. The summed E-state index contributed by atoms with van der Waals surface area (Å²) >= 11 is 0. The molecule has 0 saturated heterocycles. The molecule has 106 valence electrons. The Morgan fingerprint density at radius 3 is 2.68 bits per heavy atom.